The number of nitrogens with one attached hydrogen (secondary N) is 4. The van der Waals surface area contributed by atoms with Gasteiger partial charge in [-0.15, -0.1) is 0 Å². The summed E-state index contributed by atoms with van der Waals surface area (Å²) in [6.45, 7) is 2.28. The lowest BCUT2D eigenvalue weighted by Gasteiger charge is -2.11. The second-order valence-corrected chi connectivity index (χ2v) is 8.60. The van der Waals surface area contributed by atoms with E-state index in [1.165, 1.54) is 7.05 Å². The summed E-state index contributed by atoms with van der Waals surface area (Å²) in [6, 6.07) is -1.42. The Balaban J connectivity index is 3.44. The zero-order valence-corrected chi connectivity index (χ0v) is 23.2. The van der Waals surface area contributed by atoms with Crippen LogP contribution in [-0.2, 0) is 42.9 Å². The summed E-state index contributed by atoms with van der Waals surface area (Å²) < 4.78 is 21.0. The highest BCUT2D eigenvalue weighted by molar-refractivity contribution is 6.59. The van der Waals surface area contributed by atoms with Crippen molar-refractivity contribution in [1.29, 1.82) is 0 Å². The molecule has 2 unspecified atom stereocenters. The predicted octanol–water partition coefficient (Wildman–Crippen LogP) is -2.95. The number of hydrogen-bond donors (Lipinski definition) is 6. The number of aliphatic carboxylic acids is 1. The molecule has 0 bridgehead atoms. The van der Waals surface area contributed by atoms with Gasteiger partial charge < -0.3 is 55.8 Å². The number of nitrogens with two attached hydrogens (primary N) is 1. The van der Waals surface area contributed by atoms with Gasteiger partial charge in [-0.05, 0) is 32.7 Å². The number of carbonyl (C=O) groups is 5. The van der Waals surface area contributed by atoms with Gasteiger partial charge in [0.2, 0.25) is 17.7 Å². The Morgan fingerprint density at radius 2 is 1.23 bits per heavy atom. The first-order chi connectivity index (χ1) is 19.2. The summed E-state index contributed by atoms with van der Waals surface area (Å²) in [5.41, 5.74) is 4.98. The molecular formula is C24H44BN5O10. The molecule has 40 heavy (non-hydrogen) atoms. The van der Waals surface area contributed by atoms with Gasteiger partial charge in [0.05, 0.1) is 51.4 Å². The molecule has 0 aliphatic heterocycles. The van der Waals surface area contributed by atoms with Crippen molar-refractivity contribution >= 4 is 37.2 Å². The number of ether oxygens (including phenoxy) is 4. The molecule has 2 radical (unpaired) electrons. The summed E-state index contributed by atoms with van der Waals surface area (Å²) in [7, 11) is 6.60. The third-order valence-corrected chi connectivity index (χ3v) is 5.28. The molecule has 228 valence electrons. The van der Waals surface area contributed by atoms with E-state index in [-0.39, 0.29) is 90.0 Å². The zero-order chi connectivity index (χ0) is 30.0. The van der Waals surface area contributed by atoms with E-state index in [4.69, 9.17) is 37.6 Å². The highest BCUT2D eigenvalue weighted by Gasteiger charge is 2.16. The lowest BCUT2D eigenvalue weighted by molar-refractivity contribution is -0.139. The molecule has 0 saturated carbocycles. The monoisotopic (exact) mass is 573 g/mol. The van der Waals surface area contributed by atoms with E-state index >= 15 is 0 Å². The van der Waals surface area contributed by atoms with Gasteiger partial charge in [0, 0.05) is 26.1 Å². The minimum Gasteiger partial charge on any atom is -0.480 e. The fourth-order valence-corrected chi connectivity index (χ4v) is 3.01. The van der Waals surface area contributed by atoms with E-state index < -0.39 is 23.7 Å². The van der Waals surface area contributed by atoms with Crippen LogP contribution in [0, 0.1) is 0 Å². The molecule has 0 rings (SSSR count). The van der Waals surface area contributed by atoms with Crippen molar-refractivity contribution in [2.45, 2.75) is 44.2 Å². The molecule has 7 N–H and O–H groups in total. The van der Waals surface area contributed by atoms with Crippen molar-refractivity contribution < 1.29 is 48.0 Å². The smallest absolute Gasteiger partial charge is 0.320 e. The van der Waals surface area contributed by atoms with Crippen LogP contribution in [0.1, 0.15) is 32.1 Å². The van der Waals surface area contributed by atoms with Gasteiger partial charge in [-0.2, -0.15) is 0 Å². The van der Waals surface area contributed by atoms with Crippen molar-refractivity contribution in [2.75, 3.05) is 79.5 Å². The van der Waals surface area contributed by atoms with Crippen LogP contribution in [-0.4, -0.2) is 134 Å². The number of carboxylic acids is 1. The first-order valence-corrected chi connectivity index (χ1v) is 13.2. The first kappa shape index (κ1) is 37.4. The van der Waals surface area contributed by atoms with E-state index in [9.17, 15) is 24.0 Å². The Morgan fingerprint density at radius 3 is 1.73 bits per heavy atom. The summed E-state index contributed by atoms with van der Waals surface area (Å²) in [4.78, 5) is 56.7. The van der Waals surface area contributed by atoms with Crippen LogP contribution in [0.25, 0.3) is 0 Å². The molecule has 0 aliphatic rings. The van der Waals surface area contributed by atoms with Gasteiger partial charge in [-0.3, -0.25) is 19.2 Å². The number of carboxylic acid groups (broad SMARTS) is 1. The molecule has 0 fully saturated rings. The van der Waals surface area contributed by atoms with E-state index in [0.29, 0.717) is 32.4 Å². The molecule has 0 aromatic heterocycles. The normalized spacial score (nSPS) is 12.3. The van der Waals surface area contributed by atoms with Crippen molar-refractivity contribution in [1.82, 2.24) is 21.3 Å². The fraction of sp³-hybridized carbons (Fsp3) is 0.792. The zero-order valence-electron chi connectivity index (χ0n) is 23.2. The second-order valence-electron chi connectivity index (χ2n) is 8.60. The van der Waals surface area contributed by atoms with Crippen molar-refractivity contribution in [3.05, 3.63) is 0 Å². The fourth-order valence-electron chi connectivity index (χ4n) is 3.01. The van der Waals surface area contributed by atoms with E-state index in [1.807, 2.05) is 0 Å². The number of unbranched alkanes of at least 4 members (excludes halogenated alkanes) is 1. The molecule has 15 nitrogen and oxygen atoms in total. The molecule has 0 aromatic rings. The van der Waals surface area contributed by atoms with Gasteiger partial charge in [0.1, 0.15) is 19.3 Å². The molecule has 16 heteroatoms. The van der Waals surface area contributed by atoms with Crippen LogP contribution in [0.15, 0.2) is 0 Å². The maximum Gasteiger partial charge on any atom is 0.320 e. The number of amides is 3. The molecule has 3 amide bonds. The highest BCUT2D eigenvalue weighted by Crippen LogP contribution is 1.98. The van der Waals surface area contributed by atoms with Crippen LogP contribution in [0.5, 0.6) is 0 Å². The molecule has 0 saturated heterocycles. The van der Waals surface area contributed by atoms with Crippen LogP contribution < -0.4 is 27.0 Å². The SMILES string of the molecule is [B]C(=O)C(N)CCCCNC(=O)COCCOCCNC(=O)COCCOCCNC(=O)CCC(NC)C(=O)O. The molecule has 0 aromatic carbocycles. The van der Waals surface area contributed by atoms with E-state index in [0.717, 1.165) is 0 Å². The number of rotatable bonds is 27. The Labute approximate surface area is 236 Å². The van der Waals surface area contributed by atoms with Crippen LogP contribution in [0.2, 0.25) is 0 Å². The summed E-state index contributed by atoms with van der Waals surface area (Å²) >= 11 is 0. The highest BCUT2D eigenvalue weighted by atomic mass is 16.5. The van der Waals surface area contributed by atoms with Crippen molar-refractivity contribution in [2.24, 2.45) is 5.73 Å². The van der Waals surface area contributed by atoms with Gasteiger partial charge in [-0.1, -0.05) is 0 Å². The van der Waals surface area contributed by atoms with E-state index in [1.54, 1.807) is 0 Å². The average Bonchev–Trinajstić information content (AvgIpc) is 2.91. The van der Waals surface area contributed by atoms with Gasteiger partial charge >= 0.3 is 5.97 Å². The van der Waals surface area contributed by atoms with Gasteiger partial charge in [0.15, 0.2) is 7.85 Å². The Hall–Kier alpha value is -2.63. The molecule has 0 heterocycles. The van der Waals surface area contributed by atoms with Crippen LogP contribution in [0.3, 0.4) is 0 Å². The van der Waals surface area contributed by atoms with Crippen LogP contribution in [0.4, 0.5) is 0 Å². The Kier molecular flexibility index (Phi) is 23.7. The standard InChI is InChI=1S/C24H44BN5O10/c1-27-19(24(35)36)5-6-20(31)29-8-10-37-12-15-40-17-22(33)30-9-11-38-13-14-39-16-21(32)28-7-3-2-4-18(26)23(25)34/h18-19,27H,2-17,26H2,1H3,(H,28,32)(H,29,31)(H,30,33)(H,35,36). The minimum atomic E-state index is -1.00. The Bertz CT molecular complexity index is 747. The maximum absolute atomic E-state index is 11.7. The van der Waals surface area contributed by atoms with Crippen LogP contribution >= 0.6 is 0 Å². The van der Waals surface area contributed by atoms with Crippen molar-refractivity contribution in [3.63, 3.8) is 0 Å². The number of likely N-dealkylation sites (N-methyl/N-ethyl adjacent to an activating group) is 1. The molecular weight excluding hydrogens is 529 g/mol. The molecule has 2 atom stereocenters. The maximum atomic E-state index is 11.7. The third kappa shape index (κ3) is 23.3. The molecule has 0 spiro atoms. The summed E-state index contributed by atoms with van der Waals surface area (Å²) in [5, 5.41) is 19.5. The molecule has 0 aliphatic carbocycles. The lowest BCUT2D eigenvalue weighted by Crippen LogP contribution is -2.36. The third-order valence-electron chi connectivity index (χ3n) is 5.28. The predicted molar refractivity (Wildman–Crippen MR) is 145 cm³/mol. The number of carbonyl (C=O) groups excluding carboxylic acids is 4. The largest absolute Gasteiger partial charge is 0.480 e. The van der Waals surface area contributed by atoms with E-state index in [2.05, 4.69) is 21.3 Å². The average molecular weight is 573 g/mol. The first-order valence-electron chi connectivity index (χ1n) is 13.2. The Morgan fingerprint density at radius 1 is 0.725 bits per heavy atom. The van der Waals surface area contributed by atoms with Gasteiger partial charge in [-0.25, -0.2) is 0 Å². The lowest BCUT2D eigenvalue weighted by atomic mass is 9.92. The quantitative estimate of drug-likeness (QED) is 0.0430. The second kappa shape index (κ2) is 25.3. The topological polar surface area (TPSA) is 217 Å². The summed E-state index contributed by atoms with van der Waals surface area (Å²) in [6.07, 6.45) is 2.12. The summed E-state index contributed by atoms with van der Waals surface area (Å²) in [5.74, 6) is -1.82. The van der Waals surface area contributed by atoms with Crippen molar-refractivity contribution in [3.8, 4) is 0 Å². The minimum absolute atomic E-state index is 0.0911. The van der Waals surface area contributed by atoms with Gasteiger partial charge in [0.25, 0.3) is 0 Å². The number of hydrogen-bond acceptors (Lipinski definition) is 11.